The highest BCUT2D eigenvalue weighted by Crippen LogP contribution is 2.34. The van der Waals surface area contributed by atoms with Gasteiger partial charge < -0.3 is 15.5 Å². The Kier molecular flexibility index (Phi) is 10.0. The molecule has 0 spiro atoms. The van der Waals surface area contributed by atoms with E-state index in [1.165, 1.54) is 18.4 Å². The molecule has 1 fully saturated rings. The minimum Gasteiger partial charge on any atom is -0.357 e. The molecule has 1 aliphatic carbocycles. The van der Waals surface area contributed by atoms with Crippen LogP contribution in [0.1, 0.15) is 25.3 Å². The highest BCUT2D eigenvalue weighted by atomic mass is 127. The number of halogens is 2. The van der Waals surface area contributed by atoms with Gasteiger partial charge in [0.2, 0.25) is 0 Å². The average molecular weight is 465 g/mol. The van der Waals surface area contributed by atoms with Gasteiger partial charge in [0.05, 0.1) is 6.54 Å². The Morgan fingerprint density at radius 1 is 1.33 bits per heavy atom. The summed E-state index contributed by atoms with van der Waals surface area (Å²) < 4.78 is 0. The van der Waals surface area contributed by atoms with Crippen molar-refractivity contribution in [3.05, 3.63) is 34.9 Å². The molecule has 1 saturated carbocycles. The molecule has 1 aromatic carbocycles. The Morgan fingerprint density at radius 3 is 2.67 bits per heavy atom. The molecule has 6 heteroatoms. The lowest BCUT2D eigenvalue weighted by atomic mass is 10.1. The van der Waals surface area contributed by atoms with Crippen LogP contribution in [0.2, 0.25) is 5.02 Å². The van der Waals surface area contributed by atoms with E-state index >= 15 is 0 Å². The van der Waals surface area contributed by atoms with Crippen molar-refractivity contribution in [3.63, 3.8) is 0 Å². The number of benzene rings is 1. The summed E-state index contributed by atoms with van der Waals surface area (Å²) in [5.74, 6) is 1.73. The molecule has 1 unspecified atom stereocenters. The number of nitrogens with one attached hydrogen (secondary N) is 2. The van der Waals surface area contributed by atoms with Crippen LogP contribution in [0, 0.1) is 5.92 Å². The van der Waals surface area contributed by atoms with Crippen molar-refractivity contribution in [3.8, 4) is 0 Å². The largest absolute Gasteiger partial charge is 0.357 e. The fourth-order valence-electron chi connectivity index (χ4n) is 2.76. The van der Waals surface area contributed by atoms with E-state index in [9.17, 15) is 0 Å². The Morgan fingerprint density at radius 2 is 2.08 bits per heavy atom. The van der Waals surface area contributed by atoms with Crippen LogP contribution in [0.4, 0.5) is 0 Å². The van der Waals surface area contributed by atoms with E-state index in [1.807, 2.05) is 18.2 Å². The summed E-state index contributed by atoms with van der Waals surface area (Å²) in [7, 11) is 4.30. The predicted molar refractivity (Wildman–Crippen MR) is 115 cm³/mol. The van der Waals surface area contributed by atoms with Gasteiger partial charge in [-0.3, -0.25) is 4.99 Å². The molecule has 0 aliphatic heterocycles. The van der Waals surface area contributed by atoms with Gasteiger partial charge in [0.1, 0.15) is 0 Å². The summed E-state index contributed by atoms with van der Waals surface area (Å²) >= 11 is 6.02. The molecule has 2 N–H and O–H groups in total. The lowest BCUT2D eigenvalue weighted by molar-refractivity contribution is 0.271. The molecule has 1 aromatic rings. The van der Waals surface area contributed by atoms with Crippen LogP contribution in [0.25, 0.3) is 0 Å². The van der Waals surface area contributed by atoms with Gasteiger partial charge in [-0.25, -0.2) is 0 Å². The molecule has 1 atom stereocenters. The lowest BCUT2D eigenvalue weighted by Gasteiger charge is -2.23. The van der Waals surface area contributed by atoms with Crippen LogP contribution >= 0.6 is 35.6 Å². The minimum atomic E-state index is 0. The minimum absolute atomic E-state index is 0. The van der Waals surface area contributed by atoms with E-state index in [4.69, 9.17) is 16.6 Å². The van der Waals surface area contributed by atoms with Gasteiger partial charge in [0.15, 0.2) is 5.96 Å². The first kappa shape index (κ1) is 21.5. The number of hydrogen-bond acceptors (Lipinski definition) is 2. The fraction of sp³-hybridized carbons (Fsp3) is 0.611. The third-order valence-electron chi connectivity index (χ3n) is 4.21. The van der Waals surface area contributed by atoms with Crippen LogP contribution in [-0.4, -0.2) is 50.6 Å². The number of hydrogen-bond donors (Lipinski definition) is 2. The maximum absolute atomic E-state index is 6.02. The molecule has 136 valence electrons. The summed E-state index contributed by atoms with van der Waals surface area (Å²) in [5.41, 5.74) is 1.24. The Hall–Kier alpha value is -0.530. The number of guanidine groups is 1. The van der Waals surface area contributed by atoms with E-state index in [1.54, 1.807) is 0 Å². The second-order valence-electron chi connectivity index (χ2n) is 6.39. The van der Waals surface area contributed by atoms with Crippen molar-refractivity contribution in [1.82, 2.24) is 15.5 Å². The zero-order valence-corrected chi connectivity index (χ0v) is 18.0. The van der Waals surface area contributed by atoms with Crippen molar-refractivity contribution >= 4 is 41.5 Å². The van der Waals surface area contributed by atoms with E-state index in [-0.39, 0.29) is 24.0 Å². The normalized spacial score (nSPS) is 15.8. The number of rotatable bonds is 8. The van der Waals surface area contributed by atoms with Crippen LogP contribution in [0.5, 0.6) is 0 Å². The first-order valence-corrected chi connectivity index (χ1v) is 8.91. The van der Waals surface area contributed by atoms with Crippen molar-refractivity contribution in [1.29, 1.82) is 0 Å². The fourth-order valence-corrected chi connectivity index (χ4v) is 2.97. The molecular formula is C18H30ClIN4. The van der Waals surface area contributed by atoms with E-state index < -0.39 is 0 Å². The Bertz CT molecular complexity index is 515. The zero-order valence-electron chi connectivity index (χ0n) is 14.9. The van der Waals surface area contributed by atoms with Crippen LogP contribution in [0.3, 0.4) is 0 Å². The van der Waals surface area contributed by atoms with Crippen LogP contribution in [-0.2, 0) is 6.42 Å². The highest BCUT2D eigenvalue weighted by molar-refractivity contribution is 14.0. The van der Waals surface area contributed by atoms with Crippen molar-refractivity contribution in [2.45, 2.75) is 32.2 Å². The van der Waals surface area contributed by atoms with Gasteiger partial charge in [-0.05, 0) is 63.9 Å². The molecule has 0 amide bonds. The first-order chi connectivity index (χ1) is 11.1. The monoisotopic (exact) mass is 464 g/mol. The summed E-state index contributed by atoms with van der Waals surface area (Å²) in [6.45, 7) is 4.67. The summed E-state index contributed by atoms with van der Waals surface area (Å²) in [4.78, 5) is 7.07. The van der Waals surface area contributed by atoms with E-state index in [0.29, 0.717) is 6.04 Å². The third-order valence-corrected chi connectivity index (χ3v) is 4.44. The van der Waals surface area contributed by atoms with Crippen molar-refractivity contribution in [2.24, 2.45) is 10.9 Å². The standard InChI is InChI=1S/C18H29ClN4.HI/c1-4-20-18(22-13-17(23(2)3)15-8-9-15)21-11-10-14-6-5-7-16(19)12-14;/h5-7,12,15,17H,4,8-11,13H2,1-3H3,(H2,20,21,22);1H. The molecular weight excluding hydrogens is 435 g/mol. The molecule has 0 bridgehead atoms. The zero-order chi connectivity index (χ0) is 16.7. The smallest absolute Gasteiger partial charge is 0.191 e. The quantitative estimate of drug-likeness (QED) is 0.352. The van der Waals surface area contributed by atoms with Gasteiger partial charge in [0, 0.05) is 24.2 Å². The first-order valence-electron chi connectivity index (χ1n) is 8.53. The summed E-state index contributed by atoms with van der Waals surface area (Å²) in [6, 6.07) is 8.57. The van der Waals surface area contributed by atoms with Gasteiger partial charge in [-0.1, -0.05) is 23.7 Å². The molecule has 2 rings (SSSR count). The molecule has 0 saturated heterocycles. The SMILES string of the molecule is CCNC(=NCC(C1CC1)N(C)C)NCCc1cccc(Cl)c1.I. The van der Waals surface area contributed by atoms with E-state index in [0.717, 1.165) is 43.0 Å². The molecule has 0 radical (unpaired) electrons. The number of nitrogens with zero attached hydrogens (tertiary/aromatic N) is 2. The van der Waals surface area contributed by atoms with E-state index in [2.05, 4.69) is 42.6 Å². The maximum atomic E-state index is 6.02. The second kappa shape index (κ2) is 11.2. The highest BCUT2D eigenvalue weighted by Gasteiger charge is 2.32. The van der Waals surface area contributed by atoms with Crippen molar-refractivity contribution < 1.29 is 0 Å². The van der Waals surface area contributed by atoms with Crippen LogP contribution in [0.15, 0.2) is 29.3 Å². The summed E-state index contributed by atoms with van der Waals surface area (Å²) in [6.07, 6.45) is 3.62. The average Bonchev–Trinajstić information content (AvgIpc) is 3.32. The second-order valence-corrected chi connectivity index (χ2v) is 6.83. The lowest BCUT2D eigenvalue weighted by Crippen LogP contribution is -2.40. The molecule has 24 heavy (non-hydrogen) atoms. The Labute approximate surface area is 168 Å². The van der Waals surface area contributed by atoms with Crippen molar-refractivity contribution in [2.75, 3.05) is 33.7 Å². The van der Waals surface area contributed by atoms with Crippen LogP contribution < -0.4 is 10.6 Å². The van der Waals surface area contributed by atoms with Gasteiger partial charge in [-0.2, -0.15) is 0 Å². The van der Waals surface area contributed by atoms with Gasteiger partial charge in [0.25, 0.3) is 0 Å². The molecule has 4 nitrogen and oxygen atoms in total. The topological polar surface area (TPSA) is 39.7 Å². The van der Waals surface area contributed by atoms with Gasteiger partial charge in [-0.15, -0.1) is 24.0 Å². The Balaban J connectivity index is 0.00000288. The van der Waals surface area contributed by atoms with Gasteiger partial charge >= 0.3 is 0 Å². The third kappa shape index (κ3) is 7.57. The number of aliphatic imine (C=N–C) groups is 1. The predicted octanol–water partition coefficient (Wildman–Crippen LogP) is 3.40. The molecule has 1 aliphatic rings. The maximum Gasteiger partial charge on any atom is 0.191 e. The molecule has 0 heterocycles. The molecule has 0 aromatic heterocycles. The number of likely N-dealkylation sites (N-methyl/N-ethyl adjacent to an activating group) is 1. The summed E-state index contributed by atoms with van der Waals surface area (Å²) in [5, 5.41) is 7.54.